The number of benzene rings is 4. The molecule has 2 amide bonds. The maximum absolute atomic E-state index is 14.7. The summed E-state index contributed by atoms with van der Waals surface area (Å²) in [6.07, 6.45) is 0.820. The molecule has 12 heteroatoms. The number of rotatable bonds is 14. The minimum atomic E-state index is -4.36. The van der Waals surface area contributed by atoms with Gasteiger partial charge in [-0.25, -0.2) is 8.42 Å². The van der Waals surface area contributed by atoms with Gasteiger partial charge in [0.25, 0.3) is 10.0 Å². The van der Waals surface area contributed by atoms with Gasteiger partial charge < -0.3 is 15.0 Å². The molecule has 0 spiro atoms. The van der Waals surface area contributed by atoms with Gasteiger partial charge in [0.15, 0.2) is 0 Å². The zero-order valence-electron chi connectivity index (χ0n) is 26.3. The Kier molecular flexibility index (Phi) is 12.6. The van der Waals surface area contributed by atoms with Crippen molar-refractivity contribution in [3.8, 4) is 5.75 Å². The van der Waals surface area contributed by atoms with Gasteiger partial charge >= 0.3 is 0 Å². The lowest BCUT2D eigenvalue weighted by Crippen LogP contribution is -2.53. The lowest BCUT2D eigenvalue weighted by Gasteiger charge is -2.34. The molecule has 0 bridgehead atoms. The number of halogens is 3. The molecular weight excluding hydrogens is 681 g/mol. The predicted octanol–water partition coefficient (Wildman–Crippen LogP) is 7.33. The van der Waals surface area contributed by atoms with E-state index in [9.17, 15) is 18.0 Å². The highest BCUT2D eigenvalue weighted by Gasteiger charge is 2.36. The first-order chi connectivity index (χ1) is 22.5. The Balaban J connectivity index is 1.88. The maximum Gasteiger partial charge on any atom is 0.264 e. The molecular formula is C35H36Cl3N3O5S. The van der Waals surface area contributed by atoms with Gasteiger partial charge in [-0.1, -0.05) is 95.8 Å². The fourth-order valence-corrected chi connectivity index (χ4v) is 7.08. The van der Waals surface area contributed by atoms with Gasteiger partial charge in [0, 0.05) is 40.1 Å². The van der Waals surface area contributed by atoms with Crippen LogP contribution in [0.2, 0.25) is 15.1 Å². The second kappa shape index (κ2) is 16.4. The van der Waals surface area contributed by atoms with Crippen molar-refractivity contribution in [3.05, 3.63) is 123 Å². The van der Waals surface area contributed by atoms with E-state index in [-0.39, 0.29) is 34.3 Å². The molecule has 47 heavy (non-hydrogen) atoms. The Morgan fingerprint density at radius 2 is 1.55 bits per heavy atom. The normalized spacial score (nSPS) is 11.9. The van der Waals surface area contributed by atoms with Crippen molar-refractivity contribution >= 4 is 62.3 Å². The largest absolute Gasteiger partial charge is 0.495 e. The van der Waals surface area contributed by atoms with Crippen molar-refractivity contribution in [2.24, 2.45) is 0 Å². The summed E-state index contributed by atoms with van der Waals surface area (Å²) in [5.74, 6) is -0.896. The molecule has 0 saturated heterocycles. The van der Waals surface area contributed by atoms with Crippen LogP contribution in [0.15, 0.2) is 95.9 Å². The van der Waals surface area contributed by atoms with Gasteiger partial charge in [0.1, 0.15) is 18.3 Å². The monoisotopic (exact) mass is 715 g/mol. The molecule has 8 nitrogen and oxygen atoms in total. The first-order valence-corrected chi connectivity index (χ1v) is 17.5. The number of ether oxygens (including phenoxy) is 1. The fraction of sp³-hybridized carbons (Fsp3) is 0.257. The fourth-order valence-electron chi connectivity index (χ4n) is 4.98. The highest BCUT2D eigenvalue weighted by atomic mass is 35.5. The molecule has 4 aromatic rings. The summed E-state index contributed by atoms with van der Waals surface area (Å²) >= 11 is 19.5. The van der Waals surface area contributed by atoms with Gasteiger partial charge in [-0.2, -0.15) is 0 Å². The second-order valence-corrected chi connectivity index (χ2v) is 14.0. The molecule has 0 aromatic heterocycles. The van der Waals surface area contributed by atoms with Crippen LogP contribution >= 0.6 is 34.8 Å². The molecule has 1 N–H and O–H groups in total. The minimum Gasteiger partial charge on any atom is -0.495 e. The summed E-state index contributed by atoms with van der Waals surface area (Å²) in [7, 11) is -2.97. The molecule has 4 rings (SSSR count). The zero-order valence-corrected chi connectivity index (χ0v) is 29.3. The lowest BCUT2D eigenvalue weighted by atomic mass is 10.0. The van der Waals surface area contributed by atoms with E-state index in [2.05, 4.69) is 5.32 Å². The van der Waals surface area contributed by atoms with E-state index in [0.29, 0.717) is 28.6 Å². The van der Waals surface area contributed by atoms with Gasteiger partial charge in [0.05, 0.1) is 17.7 Å². The third-order valence-corrected chi connectivity index (χ3v) is 10.2. The smallest absolute Gasteiger partial charge is 0.264 e. The Morgan fingerprint density at radius 3 is 2.17 bits per heavy atom. The Bertz CT molecular complexity index is 1790. The highest BCUT2D eigenvalue weighted by molar-refractivity contribution is 7.92. The van der Waals surface area contributed by atoms with Crippen LogP contribution in [0.5, 0.6) is 5.75 Å². The summed E-state index contributed by atoms with van der Waals surface area (Å²) in [4.78, 5) is 29.8. The minimum absolute atomic E-state index is 0.0415. The van der Waals surface area contributed by atoms with Crippen LogP contribution < -0.4 is 14.4 Å². The maximum atomic E-state index is 14.7. The number of amides is 2. The van der Waals surface area contributed by atoms with Crippen LogP contribution in [0.25, 0.3) is 0 Å². The predicted molar refractivity (Wildman–Crippen MR) is 188 cm³/mol. The average Bonchev–Trinajstić information content (AvgIpc) is 3.05. The average molecular weight is 717 g/mol. The second-order valence-electron chi connectivity index (χ2n) is 10.9. The molecule has 0 aliphatic heterocycles. The number of carbonyl (C=O) groups is 2. The van der Waals surface area contributed by atoms with Gasteiger partial charge in [-0.15, -0.1) is 0 Å². The Hall–Kier alpha value is -3.76. The van der Waals surface area contributed by atoms with Crippen LogP contribution in [-0.2, 0) is 32.6 Å². The number of anilines is 1. The number of hydrogen-bond acceptors (Lipinski definition) is 5. The zero-order chi connectivity index (χ0) is 34.1. The van der Waals surface area contributed by atoms with E-state index in [1.54, 1.807) is 36.4 Å². The van der Waals surface area contributed by atoms with Crippen LogP contribution in [0.4, 0.5) is 5.69 Å². The molecule has 0 heterocycles. The summed E-state index contributed by atoms with van der Waals surface area (Å²) in [6, 6.07) is 23.9. The summed E-state index contributed by atoms with van der Waals surface area (Å²) in [5, 5.41) is 3.73. The molecule has 0 fully saturated rings. The molecule has 1 atom stereocenters. The first-order valence-electron chi connectivity index (χ1n) is 14.9. The molecule has 0 aliphatic carbocycles. The van der Waals surface area contributed by atoms with E-state index >= 15 is 0 Å². The number of carbonyl (C=O) groups excluding carboxylic acids is 2. The number of methoxy groups -OCH3 is 1. The SMILES string of the molecule is CCCNC(=O)[C@H](Cc1ccccc1)N(Cc1c(Cl)cccc1Cl)C(=O)CN(c1cc(Cl)ccc1OC)S(=O)(=O)c1ccc(C)cc1. The number of hydrogen-bond donors (Lipinski definition) is 1. The van der Waals surface area contributed by atoms with E-state index in [1.807, 2.05) is 44.2 Å². The molecule has 248 valence electrons. The molecule has 4 aromatic carbocycles. The first kappa shape index (κ1) is 36.1. The standard InChI is InChI=1S/C35H36Cl3N3O5S/c1-4-19-39-35(43)32(20-25-9-6-5-7-10-25)40(22-28-29(37)11-8-12-30(28)38)34(42)23-41(31-21-26(36)15-18-33(31)46-3)47(44,45)27-16-13-24(2)14-17-27/h5-18,21,32H,4,19-20,22-23H2,1-3H3,(H,39,43)/t32-/m0/s1. The number of nitrogens with zero attached hydrogens (tertiary/aromatic N) is 2. The summed E-state index contributed by atoms with van der Waals surface area (Å²) in [5.41, 5.74) is 2.13. The molecule has 0 aliphatic rings. The van der Waals surface area contributed by atoms with Gasteiger partial charge in [0.2, 0.25) is 11.8 Å². The Morgan fingerprint density at radius 1 is 0.894 bits per heavy atom. The van der Waals surface area contributed by atoms with Crippen molar-refractivity contribution in [2.75, 3.05) is 24.5 Å². The van der Waals surface area contributed by atoms with Crippen LogP contribution in [0.3, 0.4) is 0 Å². The van der Waals surface area contributed by atoms with Crippen molar-refractivity contribution in [1.82, 2.24) is 10.2 Å². The van der Waals surface area contributed by atoms with E-state index in [4.69, 9.17) is 39.5 Å². The summed E-state index contributed by atoms with van der Waals surface area (Å²) < 4.78 is 35.1. The van der Waals surface area contributed by atoms with E-state index in [1.165, 1.54) is 36.3 Å². The van der Waals surface area contributed by atoms with Gasteiger partial charge in [-0.3, -0.25) is 13.9 Å². The number of aryl methyl sites for hydroxylation is 1. The van der Waals surface area contributed by atoms with Crippen LogP contribution in [0.1, 0.15) is 30.0 Å². The highest BCUT2D eigenvalue weighted by Crippen LogP contribution is 2.35. The van der Waals surface area contributed by atoms with Gasteiger partial charge in [-0.05, 0) is 61.4 Å². The van der Waals surface area contributed by atoms with Crippen molar-refractivity contribution in [3.63, 3.8) is 0 Å². The number of nitrogens with one attached hydrogen (secondary N) is 1. The van der Waals surface area contributed by atoms with Crippen molar-refractivity contribution in [1.29, 1.82) is 0 Å². The molecule has 0 unspecified atom stereocenters. The third-order valence-electron chi connectivity index (χ3n) is 7.51. The van der Waals surface area contributed by atoms with E-state index in [0.717, 1.165) is 15.4 Å². The Labute approximate surface area is 291 Å². The lowest BCUT2D eigenvalue weighted by molar-refractivity contribution is -0.140. The quantitative estimate of drug-likeness (QED) is 0.148. The third kappa shape index (κ3) is 8.99. The van der Waals surface area contributed by atoms with Crippen molar-refractivity contribution in [2.45, 2.75) is 44.2 Å². The van der Waals surface area contributed by atoms with Crippen molar-refractivity contribution < 1.29 is 22.7 Å². The number of sulfonamides is 1. The van der Waals surface area contributed by atoms with Crippen LogP contribution in [-0.4, -0.2) is 51.4 Å². The topological polar surface area (TPSA) is 96.0 Å². The van der Waals surface area contributed by atoms with E-state index < -0.39 is 34.4 Å². The van der Waals surface area contributed by atoms with Crippen LogP contribution in [0, 0.1) is 6.92 Å². The molecule has 0 saturated carbocycles. The molecule has 0 radical (unpaired) electrons. The summed E-state index contributed by atoms with van der Waals surface area (Å²) in [6.45, 7) is 3.28.